The van der Waals surface area contributed by atoms with E-state index in [0.29, 0.717) is 16.6 Å². The van der Waals surface area contributed by atoms with Crippen molar-refractivity contribution in [2.24, 2.45) is 0 Å². The van der Waals surface area contributed by atoms with Crippen molar-refractivity contribution in [1.82, 2.24) is 4.40 Å². The molecule has 1 aliphatic rings. The van der Waals surface area contributed by atoms with Gasteiger partial charge in [0, 0.05) is 17.3 Å². The second-order valence-electron chi connectivity index (χ2n) is 6.82. The van der Waals surface area contributed by atoms with Crippen LogP contribution in [0.5, 0.6) is 0 Å². The van der Waals surface area contributed by atoms with Crippen LogP contribution in [0.2, 0.25) is 0 Å². The molecule has 1 aliphatic carbocycles. The molecule has 5 rings (SSSR count). The smallest absolute Gasteiger partial charge is 0.341 e. The van der Waals surface area contributed by atoms with E-state index in [1.807, 2.05) is 30.3 Å². The van der Waals surface area contributed by atoms with Gasteiger partial charge in [0.05, 0.1) is 16.6 Å². The van der Waals surface area contributed by atoms with Crippen LogP contribution in [-0.2, 0) is 11.3 Å². The van der Waals surface area contributed by atoms with Crippen molar-refractivity contribution >= 4 is 23.1 Å². The summed E-state index contributed by atoms with van der Waals surface area (Å²) in [6, 6.07) is 21.2. The number of esters is 1. The van der Waals surface area contributed by atoms with Crippen LogP contribution in [0.15, 0.2) is 79.0 Å². The number of carbonyl (C=O) groups is 3. The summed E-state index contributed by atoms with van der Waals surface area (Å²) in [5, 5.41) is 0. The quantitative estimate of drug-likeness (QED) is 0.442. The standard InChI is InChI=1S/C24H15NO4/c26-22-16-10-4-5-11-17(16)23(27)21-20(22)19(18-12-6-7-13-25(18)21)24(28)29-14-15-8-2-1-3-9-15/h1-13H,14H2. The zero-order chi connectivity index (χ0) is 20.0. The van der Waals surface area contributed by atoms with E-state index in [4.69, 9.17) is 4.74 Å². The fourth-order valence-corrected chi connectivity index (χ4v) is 3.80. The molecule has 5 heteroatoms. The first-order chi connectivity index (χ1) is 14.2. The van der Waals surface area contributed by atoms with Crippen molar-refractivity contribution in [2.45, 2.75) is 6.61 Å². The summed E-state index contributed by atoms with van der Waals surface area (Å²) in [5.41, 5.74) is 2.41. The van der Waals surface area contributed by atoms with E-state index in [-0.39, 0.29) is 35.0 Å². The Bertz CT molecular complexity index is 1300. The van der Waals surface area contributed by atoms with Gasteiger partial charge in [0.1, 0.15) is 12.3 Å². The van der Waals surface area contributed by atoms with Gasteiger partial charge in [-0.2, -0.15) is 0 Å². The Balaban J connectivity index is 1.66. The molecule has 0 spiro atoms. The molecule has 0 atom stereocenters. The van der Waals surface area contributed by atoms with Crippen molar-refractivity contribution in [3.8, 4) is 0 Å². The van der Waals surface area contributed by atoms with Gasteiger partial charge in [-0.3, -0.25) is 9.59 Å². The highest BCUT2D eigenvalue weighted by Crippen LogP contribution is 2.34. The third-order valence-electron chi connectivity index (χ3n) is 5.12. The minimum atomic E-state index is -0.626. The molecule has 0 bridgehead atoms. The molecule has 29 heavy (non-hydrogen) atoms. The highest BCUT2D eigenvalue weighted by molar-refractivity contribution is 6.31. The molecule has 0 fully saturated rings. The van der Waals surface area contributed by atoms with E-state index < -0.39 is 5.97 Å². The van der Waals surface area contributed by atoms with Gasteiger partial charge in [0.25, 0.3) is 0 Å². The predicted octanol–water partition coefficient (Wildman–Crippen LogP) is 4.07. The molecule has 2 heterocycles. The molecule has 0 amide bonds. The Labute approximate surface area is 166 Å². The number of ketones is 2. The maximum Gasteiger partial charge on any atom is 0.341 e. The average molecular weight is 381 g/mol. The van der Waals surface area contributed by atoms with Crippen molar-refractivity contribution in [3.05, 3.63) is 113 Å². The van der Waals surface area contributed by atoms with E-state index in [2.05, 4.69) is 0 Å². The van der Waals surface area contributed by atoms with E-state index in [0.717, 1.165) is 5.56 Å². The Morgan fingerprint density at radius 2 is 1.45 bits per heavy atom. The van der Waals surface area contributed by atoms with Crippen molar-refractivity contribution in [3.63, 3.8) is 0 Å². The second-order valence-corrected chi connectivity index (χ2v) is 6.82. The Hall–Kier alpha value is -3.99. The number of ether oxygens (including phenoxy) is 1. The first-order valence-electron chi connectivity index (χ1n) is 9.19. The molecule has 0 saturated heterocycles. The lowest BCUT2D eigenvalue weighted by Crippen LogP contribution is -2.23. The minimum Gasteiger partial charge on any atom is -0.457 e. The number of benzene rings is 2. The molecular formula is C24H15NO4. The van der Waals surface area contributed by atoms with Gasteiger partial charge >= 0.3 is 5.97 Å². The Morgan fingerprint density at radius 1 is 0.793 bits per heavy atom. The van der Waals surface area contributed by atoms with Crippen LogP contribution >= 0.6 is 0 Å². The highest BCUT2D eigenvalue weighted by Gasteiger charge is 2.38. The molecule has 2 aromatic heterocycles. The van der Waals surface area contributed by atoms with Crippen LogP contribution in [0, 0.1) is 0 Å². The van der Waals surface area contributed by atoms with Crippen LogP contribution in [-0.4, -0.2) is 21.9 Å². The summed E-state index contributed by atoms with van der Waals surface area (Å²) in [7, 11) is 0. The summed E-state index contributed by atoms with van der Waals surface area (Å²) in [4.78, 5) is 39.4. The molecule has 0 unspecified atom stereocenters. The second kappa shape index (κ2) is 6.56. The molecule has 5 nitrogen and oxygen atoms in total. The van der Waals surface area contributed by atoms with Gasteiger partial charge in [-0.05, 0) is 17.7 Å². The topological polar surface area (TPSA) is 64.8 Å². The number of carbonyl (C=O) groups excluding carboxylic acids is 3. The lowest BCUT2D eigenvalue weighted by molar-refractivity contribution is 0.0472. The largest absolute Gasteiger partial charge is 0.457 e. The van der Waals surface area contributed by atoms with Gasteiger partial charge in [-0.1, -0.05) is 60.7 Å². The molecule has 0 N–H and O–H groups in total. The summed E-state index contributed by atoms with van der Waals surface area (Å²) in [6.07, 6.45) is 1.68. The average Bonchev–Trinajstić information content (AvgIpc) is 3.12. The predicted molar refractivity (Wildman–Crippen MR) is 106 cm³/mol. The van der Waals surface area contributed by atoms with Crippen molar-refractivity contribution in [2.75, 3.05) is 0 Å². The lowest BCUT2D eigenvalue weighted by Gasteiger charge is -2.15. The van der Waals surface area contributed by atoms with Gasteiger partial charge in [0.2, 0.25) is 5.78 Å². The molecule has 4 aromatic rings. The normalized spacial score (nSPS) is 12.6. The van der Waals surface area contributed by atoms with Crippen molar-refractivity contribution in [1.29, 1.82) is 0 Å². The number of aromatic nitrogens is 1. The van der Waals surface area contributed by atoms with Gasteiger partial charge in [-0.15, -0.1) is 0 Å². The van der Waals surface area contributed by atoms with E-state index >= 15 is 0 Å². The minimum absolute atomic E-state index is 0.0807. The summed E-state index contributed by atoms with van der Waals surface area (Å²) >= 11 is 0. The van der Waals surface area contributed by atoms with Gasteiger partial charge in [-0.25, -0.2) is 4.79 Å². The zero-order valence-corrected chi connectivity index (χ0v) is 15.3. The Kier molecular flexibility index (Phi) is 3.88. The number of hydrogen-bond acceptors (Lipinski definition) is 4. The zero-order valence-electron chi connectivity index (χ0n) is 15.3. The lowest BCUT2D eigenvalue weighted by atomic mass is 9.86. The third kappa shape index (κ3) is 2.59. The first-order valence-corrected chi connectivity index (χ1v) is 9.19. The number of nitrogens with zero attached hydrogens (tertiary/aromatic N) is 1. The van der Waals surface area contributed by atoms with Crippen LogP contribution in [0.1, 0.15) is 47.9 Å². The fraction of sp³-hybridized carbons (Fsp3) is 0.0417. The summed E-state index contributed by atoms with van der Waals surface area (Å²) < 4.78 is 7.10. The molecule has 0 aliphatic heterocycles. The molecule has 0 saturated carbocycles. The number of fused-ring (bicyclic) bond motifs is 4. The molecule has 0 radical (unpaired) electrons. The van der Waals surface area contributed by atoms with Gasteiger partial charge < -0.3 is 9.14 Å². The Morgan fingerprint density at radius 3 is 2.21 bits per heavy atom. The highest BCUT2D eigenvalue weighted by atomic mass is 16.5. The van der Waals surface area contributed by atoms with Crippen LogP contribution in [0.4, 0.5) is 0 Å². The fourth-order valence-electron chi connectivity index (χ4n) is 3.80. The summed E-state index contributed by atoms with van der Waals surface area (Å²) in [6.45, 7) is 0.0807. The molecule has 2 aromatic carbocycles. The molecular weight excluding hydrogens is 366 g/mol. The van der Waals surface area contributed by atoms with Crippen LogP contribution in [0.3, 0.4) is 0 Å². The molecule has 140 valence electrons. The third-order valence-corrected chi connectivity index (χ3v) is 5.12. The summed E-state index contributed by atoms with van der Waals surface area (Å²) in [5.74, 6) is -1.25. The van der Waals surface area contributed by atoms with E-state index in [9.17, 15) is 14.4 Å². The SMILES string of the molecule is O=C1c2ccccc2C(=O)c2c1c(C(=O)OCc1ccccc1)c1ccccn21. The maximum absolute atomic E-state index is 13.2. The van der Waals surface area contributed by atoms with Crippen LogP contribution in [0.25, 0.3) is 5.52 Å². The van der Waals surface area contributed by atoms with Crippen molar-refractivity contribution < 1.29 is 19.1 Å². The van der Waals surface area contributed by atoms with Gasteiger partial charge in [0.15, 0.2) is 5.78 Å². The maximum atomic E-state index is 13.2. The monoisotopic (exact) mass is 381 g/mol. The number of hydrogen-bond donors (Lipinski definition) is 0. The van der Waals surface area contributed by atoms with E-state index in [1.165, 1.54) is 0 Å². The number of pyridine rings is 1. The number of rotatable bonds is 3. The van der Waals surface area contributed by atoms with E-state index in [1.54, 1.807) is 53.1 Å². The van der Waals surface area contributed by atoms with Crippen LogP contribution < -0.4 is 0 Å². The first kappa shape index (κ1) is 17.1.